The fourth-order valence-corrected chi connectivity index (χ4v) is 4.31. The smallest absolute Gasteiger partial charge is 0.267 e. The van der Waals surface area contributed by atoms with Crippen LogP contribution in [0, 0.1) is 0 Å². The van der Waals surface area contributed by atoms with E-state index in [2.05, 4.69) is 5.32 Å². The van der Waals surface area contributed by atoms with Gasteiger partial charge in [0.15, 0.2) is 0 Å². The predicted molar refractivity (Wildman–Crippen MR) is 110 cm³/mol. The number of anilines is 1. The number of rotatable bonds is 4. The minimum Gasteiger partial charge on any atom is -0.459 e. The molecular weight excluding hydrogens is 405 g/mol. The van der Waals surface area contributed by atoms with E-state index in [4.69, 9.17) is 32.7 Å². The van der Waals surface area contributed by atoms with Gasteiger partial charge in [0.2, 0.25) is 0 Å². The molecule has 0 bridgehead atoms. The lowest BCUT2D eigenvalue weighted by Crippen LogP contribution is -2.11. The van der Waals surface area contributed by atoms with Crippen LogP contribution in [-0.4, -0.2) is 11.0 Å². The zero-order valence-corrected chi connectivity index (χ0v) is 16.2. The van der Waals surface area contributed by atoms with Gasteiger partial charge in [0.25, 0.3) is 5.91 Å². The SMILES string of the molecule is O=C(Nc1cc(-c2ccc(CO)o2)ccc1Cl)c1sc2ccccc2c1Cl. The van der Waals surface area contributed by atoms with Crippen molar-refractivity contribution >= 4 is 56.2 Å². The summed E-state index contributed by atoms with van der Waals surface area (Å²) in [6.07, 6.45) is 0. The Kier molecular flexibility index (Phi) is 4.93. The van der Waals surface area contributed by atoms with Gasteiger partial charge < -0.3 is 14.8 Å². The fraction of sp³-hybridized carbons (Fsp3) is 0.0500. The van der Waals surface area contributed by atoms with Crippen LogP contribution in [0.2, 0.25) is 10.0 Å². The average molecular weight is 418 g/mol. The first-order chi connectivity index (χ1) is 13.1. The molecule has 136 valence electrons. The van der Waals surface area contributed by atoms with Crippen LogP contribution in [0.5, 0.6) is 0 Å². The van der Waals surface area contributed by atoms with E-state index in [1.54, 1.807) is 30.3 Å². The number of amides is 1. The summed E-state index contributed by atoms with van der Waals surface area (Å²) in [5.41, 5.74) is 1.19. The third-order valence-electron chi connectivity index (χ3n) is 4.06. The number of thiophene rings is 1. The summed E-state index contributed by atoms with van der Waals surface area (Å²) in [6.45, 7) is -0.179. The first-order valence-corrected chi connectivity index (χ1v) is 9.62. The third-order valence-corrected chi connectivity index (χ3v) is 6.06. The number of nitrogens with one attached hydrogen (secondary N) is 1. The molecule has 0 atom stereocenters. The monoisotopic (exact) mass is 417 g/mol. The Balaban J connectivity index is 1.66. The van der Waals surface area contributed by atoms with E-state index in [0.29, 0.717) is 32.1 Å². The van der Waals surface area contributed by atoms with Crippen molar-refractivity contribution < 1.29 is 14.3 Å². The number of benzene rings is 2. The molecule has 2 heterocycles. The van der Waals surface area contributed by atoms with Crippen molar-refractivity contribution in [1.29, 1.82) is 0 Å². The van der Waals surface area contributed by atoms with E-state index in [1.807, 2.05) is 24.3 Å². The van der Waals surface area contributed by atoms with Gasteiger partial charge in [-0.2, -0.15) is 0 Å². The van der Waals surface area contributed by atoms with E-state index in [0.717, 1.165) is 15.6 Å². The number of hydrogen-bond donors (Lipinski definition) is 2. The molecule has 0 unspecified atom stereocenters. The van der Waals surface area contributed by atoms with Crippen molar-refractivity contribution in [3.8, 4) is 11.3 Å². The van der Waals surface area contributed by atoms with Gasteiger partial charge in [0.1, 0.15) is 23.0 Å². The highest BCUT2D eigenvalue weighted by atomic mass is 35.5. The Morgan fingerprint density at radius 1 is 1.11 bits per heavy atom. The standard InChI is InChI=1S/C20H13Cl2NO3S/c21-14-7-5-11(16-8-6-12(10-24)26-16)9-15(14)23-20(25)19-18(22)13-3-1-2-4-17(13)27-19/h1-9,24H,10H2,(H,23,25). The molecule has 4 rings (SSSR count). The highest BCUT2D eigenvalue weighted by molar-refractivity contribution is 7.21. The Bertz CT molecular complexity index is 1150. The van der Waals surface area contributed by atoms with E-state index in [9.17, 15) is 4.79 Å². The number of furan rings is 1. The lowest BCUT2D eigenvalue weighted by molar-refractivity contribution is 0.103. The van der Waals surface area contributed by atoms with E-state index in [1.165, 1.54) is 11.3 Å². The molecule has 0 saturated carbocycles. The molecular formula is C20H13Cl2NO3S. The van der Waals surface area contributed by atoms with Crippen molar-refractivity contribution in [2.45, 2.75) is 6.61 Å². The lowest BCUT2D eigenvalue weighted by Gasteiger charge is -2.08. The Morgan fingerprint density at radius 3 is 2.67 bits per heavy atom. The maximum Gasteiger partial charge on any atom is 0.267 e. The summed E-state index contributed by atoms with van der Waals surface area (Å²) in [5.74, 6) is 0.712. The van der Waals surface area contributed by atoms with Crippen LogP contribution in [0.25, 0.3) is 21.4 Å². The van der Waals surface area contributed by atoms with E-state index < -0.39 is 0 Å². The largest absolute Gasteiger partial charge is 0.459 e. The minimum atomic E-state index is -0.323. The molecule has 0 aliphatic heterocycles. The molecule has 0 aliphatic rings. The third kappa shape index (κ3) is 3.47. The Labute approximate surface area is 169 Å². The number of aliphatic hydroxyl groups excluding tert-OH is 1. The van der Waals surface area contributed by atoms with Gasteiger partial charge in [-0.3, -0.25) is 4.79 Å². The van der Waals surface area contributed by atoms with Gasteiger partial charge in [-0.25, -0.2) is 0 Å². The Morgan fingerprint density at radius 2 is 1.93 bits per heavy atom. The average Bonchev–Trinajstić information content (AvgIpc) is 3.29. The number of fused-ring (bicyclic) bond motifs is 1. The van der Waals surface area contributed by atoms with Gasteiger partial charge in [0, 0.05) is 15.6 Å². The number of hydrogen-bond acceptors (Lipinski definition) is 4. The molecule has 4 aromatic rings. The first kappa shape index (κ1) is 18.1. The molecule has 1 amide bonds. The fourth-order valence-electron chi connectivity index (χ4n) is 2.73. The molecule has 27 heavy (non-hydrogen) atoms. The molecule has 2 N–H and O–H groups in total. The second-order valence-electron chi connectivity index (χ2n) is 5.81. The van der Waals surface area contributed by atoms with Gasteiger partial charge in [-0.15, -0.1) is 11.3 Å². The van der Waals surface area contributed by atoms with Crippen molar-refractivity contribution in [2.24, 2.45) is 0 Å². The molecule has 0 aliphatic carbocycles. The molecule has 2 aromatic heterocycles. The number of carbonyl (C=O) groups is 1. The summed E-state index contributed by atoms with van der Waals surface area (Å²) >= 11 is 14.0. The lowest BCUT2D eigenvalue weighted by atomic mass is 10.1. The molecule has 0 saturated heterocycles. The van der Waals surface area contributed by atoms with Crippen molar-refractivity contribution in [3.05, 3.63) is 75.3 Å². The van der Waals surface area contributed by atoms with E-state index >= 15 is 0 Å². The maximum atomic E-state index is 12.8. The predicted octanol–water partition coefficient (Wildman–Crippen LogP) is 6.21. The molecule has 0 fully saturated rings. The van der Waals surface area contributed by atoms with Crippen molar-refractivity contribution in [2.75, 3.05) is 5.32 Å². The van der Waals surface area contributed by atoms with Gasteiger partial charge in [-0.1, -0.05) is 41.4 Å². The first-order valence-electron chi connectivity index (χ1n) is 8.04. The molecule has 0 radical (unpaired) electrons. The summed E-state index contributed by atoms with van der Waals surface area (Å²) in [6, 6.07) is 16.2. The van der Waals surface area contributed by atoms with Crippen LogP contribution >= 0.6 is 34.5 Å². The number of carbonyl (C=O) groups excluding carboxylic acids is 1. The van der Waals surface area contributed by atoms with Crippen LogP contribution in [0.3, 0.4) is 0 Å². The number of halogens is 2. The highest BCUT2D eigenvalue weighted by Crippen LogP contribution is 2.36. The molecule has 7 heteroatoms. The van der Waals surface area contributed by atoms with Crippen molar-refractivity contribution in [3.63, 3.8) is 0 Å². The van der Waals surface area contributed by atoms with Crippen LogP contribution in [0.4, 0.5) is 5.69 Å². The van der Waals surface area contributed by atoms with Crippen LogP contribution in [0.1, 0.15) is 15.4 Å². The van der Waals surface area contributed by atoms with Crippen molar-refractivity contribution in [1.82, 2.24) is 0 Å². The molecule has 4 nitrogen and oxygen atoms in total. The summed E-state index contributed by atoms with van der Waals surface area (Å²) < 4.78 is 6.48. The zero-order valence-electron chi connectivity index (χ0n) is 13.8. The van der Waals surface area contributed by atoms with Gasteiger partial charge >= 0.3 is 0 Å². The van der Waals surface area contributed by atoms with Crippen LogP contribution < -0.4 is 5.32 Å². The molecule has 0 spiro atoms. The topological polar surface area (TPSA) is 62.5 Å². The summed E-state index contributed by atoms with van der Waals surface area (Å²) in [4.78, 5) is 13.2. The Hall–Kier alpha value is -2.31. The number of aliphatic hydroxyl groups is 1. The highest BCUT2D eigenvalue weighted by Gasteiger charge is 2.18. The second kappa shape index (κ2) is 7.37. The quantitative estimate of drug-likeness (QED) is 0.414. The molecule has 2 aromatic carbocycles. The maximum absolute atomic E-state index is 12.8. The van der Waals surface area contributed by atoms with Gasteiger partial charge in [-0.05, 0) is 36.4 Å². The van der Waals surface area contributed by atoms with Gasteiger partial charge in [0.05, 0.1) is 15.7 Å². The second-order valence-corrected chi connectivity index (χ2v) is 7.65. The van der Waals surface area contributed by atoms with E-state index in [-0.39, 0.29) is 12.5 Å². The zero-order chi connectivity index (χ0) is 19.0. The van der Waals surface area contributed by atoms with Crippen LogP contribution in [-0.2, 0) is 6.61 Å². The normalized spacial score (nSPS) is 11.1. The summed E-state index contributed by atoms with van der Waals surface area (Å²) in [5, 5.41) is 13.6. The summed E-state index contributed by atoms with van der Waals surface area (Å²) in [7, 11) is 0. The van der Waals surface area contributed by atoms with Crippen LogP contribution in [0.15, 0.2) is 59.0 Å². The minimum absolute atomic E-state index is 0.179.